The van der Waals surface area contributed by atoms with Crippen LogP contribution in [-0.4, -0.2) is 12.4 Å². The summed E-state index contributed by atoms with van der Waals surface area (Å²) in [5, 5.41) is 3.48. The monoisotopic (exact) mass is 301 g/mol. The molecule has 0 amide bonds. The normalized spacial score (nSPS) is 10.7. The van der Waals surface area contributed by atoms with Gasteiger partial charge in [-0.25, -0.2) is 0 Å². The van der Waals surface area contributed by atoms with E-state index in [0.717, 1.165) is 18.0 Å². The maximum Gasteiger partial charge on any atom is 0.120 e. The van der Waals surface area contributed by atoms with Gasteiger partial charge in [0.15, 0.2) is 0 Å². The predicted molar refractivity (Wildman–Crippen MR) is 92.5 cm³/mol. The Hall–Kier alpha value is -1.61. The van der Waals surface area contributed by atoms with Crippen LogP contribution >= 0.6 is 11.8 Å². The van der Waals surface area contributed by atoms with Gasteiger partial charge < -0.3 is 10.1 Å². The summed E-state index contributed by atoms with van der Waals surface area (Å²) in [5.74, 6) is 0.928. The molecule has 0 unspecified atom stereocenters. The molecule has 0 aliphatic carbocycles. The molecule has 2 aromatic carbocycles. The summed E-state index contributed by atoms with van der Waals surface area (Å²) in [6.45, 7) is 7.02. The van der Waals surface area contributed by atoms with Crippen LogP contribution in [-0.2, 0) is 6.54 Å². The number of benzene rings is 2. The van der Waals surface area contributed by atoms with Gasteiger partial charge in [0.1, 0.15) is 5.75 Å². The van der Waals surface area contributed by atoms with Crippen LogP contribution in [0.2, 0.25) is 0 Å². The minimum Gasteiger partial charge on any atom is -0.491 e. The summed E-state index contributed by atoms with van der Waals surface area (Å²) in [6, 6.07) is 14.9. The molecule has 0 spiro atoms. The summed E-state index contributed by atoms with van der Waals surface area (Å²) in [6.07, 6.45) is 2.30. The zero-order chi connectivity index (χ0) is 15.2. The Morgan fingerprint density at radius 3 is 2.38 bits per heavy atom. The number of ether oxygens (including phenoxy) is 1. The van der Waals surface area contributed by atoms with Gasteiger partial charge in [0, 0.05) is 17.1 Å². The molecule has 2 aromatic rings. The van der Waals surface area contributed by atoms with E-state index in [1.54, 1.807) is 11.8 Å². The van der Waals surface area contributed by atoms with Crippen LogP contribution in [0.25, 0.3) is 0 Å². The van der Waals surface area contributed by atoms with Crippen molar-refractivity contribution in [2.75, 3.05) is 11.6 Å². The van der Waals surface area contributed by atoms with Gasteiger partial charge in [-0.3, -0.25) is 0 Å². The van der Waals surface area contributed by atoms with E-state index in [2.05, 4.69) is 54.9 Å². The van der Waals surface area contributed by atoms with Gasteiger partial charge in [0.25, 0.3) is 0 Å². The molecule has 21 heavy (non-hydrogen) atoms. The third-order valence-electron chi connectivity index (χ3n) is 3.21. The van der Waals surface area contributed by atoms with Gasteiger partial charge in [-0.15, -0.1) is 11.8 Å². The zero-order valence-corrected chi connectivity index (χ0v) is 14.0. The van der Waals surface area contributed by atoms with E-state index in [0.29, 0.717) is 0 Å². The van der Waals surface area contributed by atoms with Crippen molar-refractivity contribution in [1.29, 1.82) is 0 Å². The Kier molecular flexibility index (Phi) is 5.57. The molecule has 2 rings (SSSR count). The maximum absolute atomic E-state index is 5.71. The maximum atomic E-state index is 5.71. The lowest BCUT2D eigenvalue weighted by Crippen LogP contribution is -2.06. The molecule has 0 aromatic heterocycles. The van der Waals surface area contributed by atoms with Gasteiger partial charge in [0.2, 0.25) is 0 Å². The van der Waals surface area contributed by atoms with E-state index in [9.17, 15) is 0 Å². The first-order valence-electron chi connectivity index (χ1n) is 7.22. The fraction of sp³-hybridized carbons (Fsp3) is 0.333. The van der Waals surface area contributed by atoms with E-state index < -0.39 is 0 Å². The van der Waals surface area contributed by atoms with Crippen LogP contribution < -0.4 is 10.1 Å². The van der Waals surface area contributed by atoms with Crippen LogP contribution in [0.15, 0.2) is 47.4 Å². The van der Waals surface area contributed by atoms with E-state index in [-0.39, 0.29) is 6.10 Å². The Bertz CT molecular complexity index is 578. The number of rotatable bonds is 6. The van der Waals surface area contributed by atoms with Crippen molar-refractivity contribution in [2.24, 2.45) is 0 Å². The van der Waals surface area contributed by atoms with Gasteiger partial charge in [0.05, 0.1) is 6.10 Å². The Morgan fingerprint density at radius 2 is 1.81 bits per heavy atom. The first kappa shape index (κ1) is 15.8. The van der Waals surface area contributed by atoms with Gasteiger partial charge in [-0.1, -0.05) is 12.1 Å². The van der Waals surface area contributed by atoms with Crippen molar-refractivity contribution >= 4 is 17.4 Å². The van der Waals surface area contributed by atoms with Crippen molar-refractivity contribution in [1.82, 2.24) is 0 Å². The van der Waals surface area contributed by atoms with Crippen molar-refractivity contribution in [2.45, 2.75) is 38.3 Å². The highest BCUT2D eigenvalue weighted by atomic mass is 32.2. The molecule has 112 valence electrons. The highest BCUT2D eigenvalue weighted by Crippen LogP contribution is 2.23. The van der Waals surface area contributed by atoms with E-state index >= 15 is 0 Å². The van der Waals surface area contributed by atoms with E-state index in [1.165, 1.54) is 16.0 Å². The highest BCUT2D eigenvalue weighted by Gasteiger charge is 2.03. The highest BCUT2D eigenvalue weighted by molar-refractivity contribution is 7.98. The number of hydrogen-bond donors (Lipinski definition) is 1. The van der Waals surface area contributed by atoms with Crippen molar-refractivity contribution in [3.05, 3.63) is 53.6 Å². The zero-order valence-electron chi connectivity index (χ0n) is 13.1. The number of hydrogen-bond acceptors (Lipinski definition) is 3. The molecule has 1 N–H and O–H groups in total. The molecular weight excluding hydrogens is 278 g/mol. The number of nitrogens with one attached hydrogen (secondary N) is 1. The molecule has 0 aliphatic rings. The summed E-state index contributed by atoms with van der Waals surface area (Å²) < 4.78 is 5.71. The smallest absolute Gasteiger partial charge is 0.120 e. The number of thioether (sulfide) groups is 1. The first-order chi connectivity index (χ1) is 10.1. The SMILES string of the molecule is CSc1ccc(CNc2ccc(OC(C)C)cc2C)cc1. The van der Waals surface area contributed by atoms with Crippen LogP contribution in [0.1, 0.15) is 25.0 Å². The van der Waals surface area contributed by atoms with Crippen LogP contribution in [0, 0.1) is 6.92 Å². The standard InChI is InChI=1S/C18H23NOS/c1-13(2)20-16-7-10-18(14(3)11-16)19-12-15-5-8-17(21-4)9-6-15/h5-11,13,19H,12H2,1-4H3. The van der Waals surface area contributed by atoms with Crippen molar-refractivity contribution in [3.63, 3.8) is 0 Å². The Morgan fingerprint density at radius 1 is 1.10 bits per heavy atom. The third kappa shape index (κ3) is 4.71. The number of aryl methyl sites for hydroxylation is 1. The molecule has 0 saturated heterocycles. The molecule has 0 saturated carbocycles. The van der Waals surface area contributed by atoms with Crippen LogP contribution in [0.4, 0.5) is 5.69 Å². The lowest BCUT2D eigenvalue weighted by molar-refractivity contribution is 0.242. The fourth-order valence-corrected chi connectivity index (χ4v) is 2.53. The van der Waals surface area contributed by atoms with Crippen molar-refractivity contribution in [3.8, 4) is 5.75 Å². The molecular formula is C18H23NOS. The lowest BCUT2D eigenvalue weighted by atomic mass is 10.1. The summed E-state index contributed by atoms with van der Waals surface area (Å²) in [5.41, 5.74) is 3.64. The van der Waals surface area contributed by atoms with Gasteiger partial charge in [-0.05, 0) is 68.5 Å². The molecule has 3 heteroatoms. The third-order valence-corrected chi connectivity index (χ3v) is 3.96. The van der Waals surface area contributed by atoms with Gasteiger partial charge >= 0.3 is 0 Å². The van der Waals surface area contributed by atoms with Crippen LogP contribution in [0.5, 0.6) is 5.75 Å². The second kappa shape index (κ2) is 7.41. The summed E-state index contributed by atoms with van der Waals surface area (Å²) in [4.78, 5) is 1.30. The quantitative estimate of drug-likeness (QED) is 0.749. The summed E-state index contributed by atoms with van der Waals surface area (Å²) >= 11 is 1.77. The van der Waals surface area contributed by atoms with Gasteiger partial charge in [-0.2, -0.15) is 0 Å². The van der Waals surface area contributed by atoms with Crippen molar-refractivity contribution < 1.29 is 4.74 Å². The average molecular weight is 301 g/mol. The molecule has 0 radical (unpaired) electrons. The molecule has 0 atom stereocenters. The Balaban J connectivity index is 1.99. The topological polar surface area (TPSA) is 21.3 Å². The largest absolute Gasteiger partial charge is 0.491 e. The number of anilines is 1. The second-order valence-corrected chi connectivity index (χ2v) is 6.22. The lowest BCUT2D eigenvalue weighted by Gasteiger charge is -2.14. The van der Waals surface area contributed by atoms with E-state index in [4.69, 9.17) is 4.74 Å². The average Bonchev–Trinajstić information content (AvgIpc) is 2.46. The van der Waals surface area contributed by atoms with E-state index in [1.807, 2.05) is 19.9 Å². The second-order valence-electron chi connectivity index (χ2n) is 5.34. The fourth-order valence-electron chi connectivity index (χ4n) is 2.12. The minimum absolute atomic E-state index is 0.207. The minimum atomic E-state index is 0.207. The molecule has 0 bridgehead atoms. The predicted octanol–water partition coefficient (Wildman–Crippen LogP) is 5.12. The molecule has 2 nitrogen and oxygen atoms in total. The molecule has 0 fully saturated rings. The summed E-state index contributed by atoms with van der Waals surface area (Å²) in [7, 11) is 0. The first-order valence-corrected chi connectivity index (χ1v) is 8.45. The molecule has 0 heterocycles. The molecule has 0 aliphatic heterocycles. The van der Waals surface area contributed by atoms with Crippen LogP contribution in [0.3, 0.4) is 0 Å². The Labute approximate surface area is 131 Å².